The second kappa shape index (κ2) is 18.8. The van der Waals surface area contributed by atoms with Crippen LogP contribution in [0.25, 0.3) is 0 Å². The monoisotopic (exact) mass is 432 g/mol. The molecule has 0 aliphatic heterocycles. The van der Waals surface area contributed by atoms with Gasteiger partial charge in [0.15, 0.2) is 11.5 Å². The fraction of sp³-hybridized carbons (Fsp3) is 0.667. The SMILES string of the molecule is CCCCCCCC/C=C\CCCCCCCC(=O)OCCCc1ccc(O)c(O)c1. The van der Waals surface area contributed by atoms with Crippen LogP contribution in [-0.2, 0) is 16.0 Å². The fourth-order valence-electron chi connectivity index (χ4n) is 3.60. The summed E-state index contributed by atoms with van der Waals surface area (Å²) in [5, 5.41) is 18.8. The number of allylic oxidation sites excluding steroid dienone is 2. The van der Waals surface area contributed by atoms with E-state index in [1.165, 1.54) is 76.7 Å². The van der Waals surface area contributed by atoms with E-state index < -0.39 is 0 Å². The number of benzene rings is 1. The maximum atomic E-state index is 11.8. The summed E-state index contributed by atoms with van der Waals surface area (Å²) in [4.78, 5) is 11.8. The minimum Gasteiger partial charge on any atom is -0.504 e. The van der Waals surface area contributed by atoms with E-state index in [1.807, 2.05) is 0 Å². The molecule has 0 aromatic heterocycles. The van der Waals surface area contributed by atoms with Crippen molar-refractivity contribution in [2.75, 3.05) is 6.61 Å². The number of aromatic hydroxyl groups is 2. The van der Waals surface area contributed by atoms with Crippen LogP contribution in [0.2, 0.25) is 0 Å². The highest BCUT2D eigenvalue weighted by atomic mass is 16.5. The first-order valence-corrected chi connectivity index (χ1v) is 12.4. The second-order valence-electron chi connectivity index (χ2n) is 8.48. The molecule has 0 heterocycles. The Morgan fingerprint density at radius 2 is 1.42 bits per heavy atom. The Kier molecular flexibility index (Phi) is 16.4. The van der Waals surface area contributed by atoms with Gasteiger partial charge in [0.2, 0.25) is 0 Å². The lowest BCUT2D eigenvalue weighted by Gasteiger charge is -2.06. The lowest BCUT2D eigenvalue weighted by atomic mass is 10.1. The highest BCUT2D eigenvalue weighted by Gasteiger charge is 2.04. The maximum Gasteiger partial charge on any atom is 0.305 e. The second-order valence-corrected chi connectivity index (χ2v) is 8.48. The van der Waals surface area contributed by atoms with Gasteiger partial charge in [-0.2, -0.15) is 0 Å². The number of phenols is 2. The van der Waals surface area contributed by atoms with Crippen molar-refractivity contribution in [2.24, 2.45) is 0 Å². The number of carbonyl (C=O) groups excluding carboxylic acids is 1. The average molecular weight is 433 g/mol. The van der Waals surface area contributed by atoms with E-state index in [2.05, 4.69) is 19.1 Å². The summed E-state index contributed by atoms with van der Waals surface area (Å²) in [6.45, 7) is 2.65. The van der Waals surface area contributed by atoms with Gasteiger partial charge in [-0.25, -0.2) is 0 Å². The number of hydrogen-bond donors (Lipinski definition) is 2. The van der Waals surface area contributed by atoms with Crippen molar-refractivity contribution in [1.82, 2.24) is 0 Å². The number of rotatable bonds is 19. The molecule has 4 heteroatoms. The Morgan fingerprint density at radius 1 is 0.806 bits per heavy atom. The number of unbranched alkanes of at least 4 members (excludes halogenated alkanes) is 11. The molecule has 0 saturated carbocycles. The summed E-state index contributed by atoms with van der Waals surface area (Å²) in [6.07, 6.45) is 22.8. The van der Waals surface area contributed by atoms with E-state index in [0.717, 1.165) is 18.4 Å². The molecule has 0 saturated heterocycles. The van der Waals surface area contributed by atoms with Crippen molar-refractivity contribution >= 4 is 5.97 Å². The van der Waals surface area contributed by atoms with E-state index in [4.69, 9.17) is 4.74 Å². The van der Waals surface area contributed by atoms with Crippen LogP contribution in [0.5, 0.6) is 11.5 Å². The van der Waals surface area contributed by atoms with Gasteiger partial charge in [0.05, 0.1) is 6.61 Å². The molecule has 0 radical (unpaired) electrons. The van der Waals surface area contributed by atoms with Crippen molar-refractivity contribution in [1.29, 1.82) is 0 Å². The Hall–Kier alpha value is -1.97. The van der Waals surface area contributed by atoms with Gasteiger partial charge in [0.1, 0.15) is 0 Å². The molecule has 1 aromatic rings. The standard InChI is InChI=1S/C27H44O4/c1-2-3-4-5-6-7-8-9-10-11-12-13-14-15-16-19-27(30)31-22-17-18-24-20-21-25(28)26(29)23-24/h9-10,20-21,23,28-29H,2-8,11-19,22H2,1H3/b10-9-. The van der Waals surface area contributed by atoms with Crippen LogP contribution < -0.4 is 0 Å². The van der Waals surface area contributed by atoms with E-state index >= 15 is 0 Å². The van der Waals surface area contributed by atoms with Crippen molar-refractivity contribution in [3.05, 3.63) is 35.9 Å². The van der Waals surface area contributed by atoms with Crippen molar-refractivity contribution < 1.29 is 19.7 Å². The van der Waals surface area contributed by atoms with Gasteiger partial charge in [0.25, 0.3) is 0 Å². The molecule has 0 fully saturated rings. The Balaban J connectivity index is 1.86. The molecule has 0 spiro atoms. The molecular weight excluding hydrogens is 388 g/mol. The molecule has 0 aliphatic carbocycles. The first-order chi connectivity index (χ1) is 15.1. The molecule has 31 heavy (non-hydrogen) atoms. The van der Waals surface area contributed by atoms with E-state index in [1.54, 1.807) is 12.1 Å². The molecule has 1 rings (SSSR count). The first-order valence-electron chi connectivity index (χ1n) is 12.4. The third-order valence-electron chi connectivity index (χ3n) is 5.56. The van der Waals surface area contributed by atoms with E-state index in [9.17, 15) is 15.0 Å². The van der Waals surface area contributed by atoms with Crippen LogP contribution in [0.3, 0.4) is 0 Å². The Morgan fingerprint density at radius 3 is 2.06 bits per heavy atom. The first kappa shape index (κ1) is 27.1. The summed E-state index contributed by atoms with van der Waals surface area (Å²) in [5.74, 6) is -0.347. The molecule has 0 bridgehead atoms. The maximum absolute atomic E-state index is 11.8. The summed E-state index contributed by atoms with van der Waals surface area (Å²) in [7, 11) is 0. The number of phenolic OH excluding ortho intramolecular Hbond substituents is 2. The number of carbonyl (C=O) groups is 1. The Labute approximate surface area is 189 Å². The van der Waals surface area contributed by atoms with Gasteiger partial charge in [-0.3, -0.25) is 4.79 Å². The quantitative estimate of drug-likeness (QED) is 0.102. The predicted octanol–water partition coefficient (Wildman–Crippen LogP) is 7.61. The molecule has 2 N–H and O–H groups in total. The van der Waals surface area contributed by atoms with E-state index in [-0.39, 0.29) is 17.5 Å². The lowest BCUT2D eigenvalue weighted by molar-refractivity contribution is -0.143. The third kappa shape index (κ3) is 15.5. The van der Waals surface area contributed by atoms with Gasteiger partial charge >= 0.3 is 5.97 Å². The molecule has 4 nitrogen and oxygen atoms in total. The average Bonchev–Trinajstić information content (AvgIpc) is 2.76. The zero-order valence-corrected chi connectivity index (χ0v) is 19.6. The van der Waals surface area contributed by atoms with Crippen LogP contribution in [0, 0.1) is 0 Å². The molecular formula is C27H44O4. The van der Waals surface area contributed by atoms with Gasteiger partial charge in [-0.1, -0.05) is 76.5 Å². The fourth-order valence-corrected chi connectivity index (χ4v) is 3.60. The summed E-state index contributed by atoms with van der Waals surface area (Å²) in [6, 6.07) is 4.79. The number of hydrogen-bond acceptors (Lipinski definition) is 4. The van der Waals surface area contributed by atoms with Crippen LogP contribution in [0.15, 0.2) is 30.4 Å². The Bertz CT molecular complexity index is 609. The zero-order valence-electron chi connectivity index (χ0n) is 19.6. The molecule has 0 aliphatic rings. The van der Waals surface area contributed by atoms with Crippen LogP contribution >= 0.6 is 0 Å². The van der Waals surface area contributed by atoms with Gasteiger partial charge < -0.3 is 14.9 Å². The highest BCUT2D eigenvalue weighted by Crippen LogP contribution is 2.25. The summed E-state index contributed by atoms with van der Waals surface area (Å²) >= 11 is 0. The van der Waals surface area contributed by atoms with E-state index in [0.29, 0.717) is 25.9 Å². The number of esters is 1. The van der Waals surface area contributed by atoms with Crippen molar-refractivity contribution in [2.45, 2.75) is 110 Å². The van der Waals surface area contributed by atoms with Crippen molar-refractivity contribution in [3.8, 4) is 11.5 Å². The van der Waals surface area contributed by atoms with Gasteiger partial charge in [0, 0.05) is 6.42 Å². The zero-order chi connectivity index (χ0) is 22.6. The topological polar surface area (TPSA) is 66.8 Å². The number of ether oxygens (including phenoxy) is 1. The molecule has 0 amide bonds. The lowest BCUT2D eigenvalue weighted by Crippen LogP contribution is -2.06. The molecule has 176 valence electrons. The smallest absolute Gasteiger partial charge is 0.305 e. The van der Waals surface area contributed by atoms with Crippen molar-refractivity contribution in [3.63, 3.8) is 0 Å². The third-order valence-corrected chi connectivity index (χ3v) is 5.56. The van der Waals surface area contributed by atoms with Crippen LogP contribution in [-0.4, -0.2) is 22.8 Å². The number of aryl methyl sites for hydroxylation is 1. The molecule has 1 aromatic carbocycles. The van der Waals surface area contributed by atoms with Crippen LogP contribution in [0.4, 0.5) is 0 Å². The normalized spacial score (nSPS) is 11.3. The van der Waals surface area contributed by atoms with Gasteiger partial charge in [-0.05, 0) is 62.6 Å². The molecule has 0 unspecified atom stereocenters. The molecule has 0 atom stereocenters. The predicted molar refractivity (Wildman–Crippen MR) is 129 cm³/mol. The minimum absolute atomic E-state index is 0.112. The van der Waals surface area contributed by atoms with Gasteiger partial charge in [-0.15, -0.1) is 0 Å². The summed E-state index contributed by atoms with van der Waals surface area (Å²) < 4.78 is 5.28. The highest BCUT2D eigenvalue weighted by molar-refractivity contribution is 5.69. The van der Waals surface area contributed by atoms with Crippen LogP contribution in [0.1, 0.15) is 109 Å². The largest absolute Gasteiger partial charge is 0.504 e. The summed E-state index contributed by atoms with van der Waals surface area (Å²) in [5.41, 5.74) is 0.920. The minimum atomic E-state index is -0.119.